The van der Waals surface area contributed by atoms with Gasteiger partial charge in [-0.3, -0.25) is 4.99 Å². The summed E-state index contributed by atoms with van der Waals surface area (Å²) in [7, 11) is 0. The molecule has 0 amide bonds. The van der Waals surface area contributed by atoms with E-state index in [0.717, 1.165) is 12.8 Å². The lowest BCUT2D eigenvalue weighted by Gasteiger charge is -2.23. The van der Waals surface area contributed by atoms with Gasteiger partial charge in [-0.25, -0.2) is 0 Å². The van der Waals surface area contributed by atoms with E-state index in [1.54, 1.807) is 12.1 Å². The van der Waals surface area contributed by atoms with Gasteiger partial charge < -0.3 is 5.11 Å². The molecule has 0 spiro atoms. The Hall–Kier alpha value is -1.57. The van der Waals surface area contributed by atoms with Gasteiger partial charge in [0.1, 0.15) is 5.75 Å². The molecule has 1 unspecified atom stereocenters. The van der Waals surface area contributed by atoms with Crippen LogP contribution in [0.3, 0.4) is 0 Å². The third kappa shape index (κ3) is 3.12. The smallest absolute Gasteiger partial charge is 0.115 e. The molecule has 0 fully saturated rings. The van der Waals surface area contributed by atoms with Crippen LogP contribution in [0.1, 0.15) is 52.5 Å². The maximum Gasteiger partial charge on any atom is 0.115 e. The zero-order valence-corrected chi connectivity index (χ0v) is 13.0. The summed E-state index contributed by atoms with van der Waals surface area (Å²) in [4.78, 5) is 4.85. The topological polar surface area (TPSA) is 32.6 Å². The molecule has 1 heterocycles. The first kappa shape index (κ1) is 14.8. The molecule has 0 saturated heterocycles. The Bertz CT molecular complexity index is 539. The fraction of sp³-hybridized carbons (Fsp3) is 0.500. The summed E-state index contributed by atoms with van der Waals surface area (Å²) >= 11 is 0. The summed E-state index contributed by atoms with van der Waals surface area (Å²) < 4.78 is 0. The molecule has 0 aliphatic carbocycles. The van der Waals surface area contributed by atoms with Crippen molar-refractivity contribution in [3.63, 3.8) is 0 Å². The number of hydrogen-bond acceptors (Lipinski definition) is 2. The Kier molecular flexibility index (Phi) is 4.32. The quantitative estimate of drug-likeness (QED) is 0.775. The lowest BCUT2D eigenvalue weighted by molar-refractivity contribution is 0.474. The van der Waals surface area contributed by atoms with Crippen LogP contribution in [0, 0.1) is 0 Å². The van der Waals surface area contributed by atoms with E-state index in [-0.39, 0.29) is 5.54 Å². The molecule has 1 aliphatic rings. The number of unbranched alkanes of at least 4 members (excludes halogenated alkanes) is 1. The molecule has 2 rings (SSSR count). The van der Waals surface area contributed by atoms with Gasteiger partial charge in [-0.15, -0.1) is 0 Å². The highest BCUT2D eigenvalue weighted by Crippen LogP contribution is 2.35. The minimum atomic E-state index is 0.0170. The molecule has 0 bridgehead atoms. The third-order valence-electron chi connectivity index (χ3n) is 4.64. The number of hydrogen-bond donors (Lipinski definition) is 1. The van der Waals surface area contributed by atoms with Gasteiger partial charge in [-0.05, 0) is 75.8 Å². The van der Waals surface area contributed by atoms with Crippen molar-refractivity contribution >= 4 is 5.71 Å². The summed E-state index contributed by atoms with van der Waals surface area (Å²) in [5.41, 5.74) is 5.31. The number of aryl methyl sites for hydroxylation is 1. The van der Waals surface area contributed by atoms with Gasteiger partial charge in [0.2, 0.25) is 0 Å². The second kappa shape index (κ2) is 5.82. The summed E-state index contributed by atoms with van der Waals surface area (Å²) in [5.74, 6) is 0.341. The van der Waals surface area contributed by atoms with Crippen molar-refractivity contribution in [2.75, 3.05) is 0 Å². The minimum Gasteiger partial charge on any atom is -0.508 e. The fourth-order valence-corrected chi connectivity index (χ4v) is 2.92. The Morgan fingerprint density at radius 1 is 1.05 bits per heavy atom. The van der Waals surface area contributed by atoms with Crippen LogP contribution in [-0.4, -0.2) is 16.4 Å². The normalized spacial score (nSPS) is 22.3. The van der Waals surface area contributed by atoms with E-state index in [0.29, 0.717) is 5.75 Å². The molecule has 2 heteroatoms. The molecule has 1 aliphatic heterocycles. The standard InChI is InChI=1S/C18H25NO/c1-13-14(2)18(4,19-15(13)3)12-6-5-7-16-8-10-17(20)11-9-16/h8-11,20H,5-7,12H2,1-4H3. The lowest BCUT2D eigenvalue weighted by atomic mass is 9.87. The largest absolute Gasteiger partial charge is 0.508 e. The van der Waals surface area contributed by atoms with Gasteiger partial charge in [0.15, 0.2) is 0 Å². The second-order valence-corrected chi connectivity index (χ2v) is 6.09. The van der Waals surface area contributed by atoms with Crippen molar-refractivity contribution in [2.45, 2.75) is 58.9 Å². The highest BCUT2D eigenvalue weighted by atomic mass is 16.3. The number of allylic oxidation sites excluding steroid dienone is 1. The number of aromatic hydroxyl groups is 1. The average Bonchev–Trinajstić information content (AvgIpc) is 2.61. The van der Waals surface area contributed by atoms with Gasteiger partial charge >= 0.3 is 0 Å². The Morgan fingerprint density at radius 3 is 2.25 bits per heavy atom. The summed E-state index contributed by atoms with van der Waals surface area (Å²) in [6.07, 6.45) is 4.53. The molecule has 0 saturated carbocycles. The van der Waals surface area contributed by atoms with Crippen LogP contribution < -0.4 is 0 Å². The lowest BCUT2D eigenvalue weighted by Crippen LogP contribution is -2.21. The molecular formula is C18H25NO. The van der Waals surface area contributed by atoms with Gasteiger partial charge in [0.25, 0.3) is 0 Å². The third-order valence-corrected chi connectivity index (χ3v) is 4.64. The van der Waals surface area contributed by atoms with Crippen LogP contribution in [0.25, 0.3) is 0 Å². The number of aliphatic imine (C=N–C) groups is 1. The molecule has 108 valence electrons. The summed E-state index contributed by atoms with van der Waals surface area (Å²) in [6, 6.07) is 7.53. The zero-order valence-electron chi connectivity index (χ0n) is 13.0. The highest BCUT2D eigenvalue weighted by molar-refractivity contribution is 6.01. The van der Waals surface area contributed by atoms with Crippen molar-refractivity contribution in [2.24, 2.45) is 4.99 Å². The van der Waals surface area contributed by atoms with E-state index < -0.39 is 0 Å². The first-order valence-electron chi connectivity index (χ1n) is 7.45. The summed E-state index contributed by atoms with van der Waals surface area (Å²) in [6.45, 7) is 8.76. The molecular weight excluding hydrogens is 246 g/mol. The van der Waals surface area contributed by atoms with Crippen molar-refractivity contribution in [3.8, 4) is 5.75 Å². The van der Waals surface area contributed by atoms with Crippen LogP contribution in [0.5, 0.6) is 5.75 Å². The van der Waals surface area contributed by atoms with Gasteiger partial charge in [0, 0.05) is 5.71 Å². The Labute approximate surface area is 122 Å². The molecule has 20 heavy (non-hydrogen) atoms. The van der Waals surface area contributed by atoms with Gasteiger partial charge in [0.05, 0.1) is 5.54 Å². The molecule has 2 nitrogen and oxygen atoms in total. The maximum absolute atomic E-state index is 9.26. The van der Waals surface area contributed by atoms with Crippen molar-refractivity contribution < 1.29 is 5.11 Å². The summed E-state index contributed by atoms with van der Waals surface area (Å²) in [5, 5.41) is 9.26. The van der Waals surface area contributed by atoms with E-state index in [4.69, 9.17) is 4.99 Å². The molecule has 1 atom stereocenters. The van der Waals surface area contributed by atoms with Crippen molar-refractivity contribution in [1.82, 2.24) is 0 Å². The second-order valence-electron chi connectivity index (χ2n) is 6.09. The van der Waals surface area contributed by atoms with E-state index in [1.807, 2.05) is 12.1 Å². The number of phenolic OH excluding ortho intramolecular Hbond substituents is 1. The van der Waals surface area contributed by atoms with Crippen molar-refractivity contribution in [3.05, 3.63) is 41.0 Å². The van der Waals surface area contributed by atoms with Crippen LogP contribution in [0.4, 0.5) is 0 Å². The van der Waals surface area contributed by atoms with E-state index in [1.165, 1.54) is 35.3 Å². The molecule has 1 N–H and O–H groups in total. The zero-order chi connectivity index (χ0) is 14.8. The molecule has 0 aromatic heterocycles. The predicted octanol–water partition coefficient (Wildman–Crippen LogP) is 4.67. The number of nitrogens with zero attached hydrogens (tertiary/aromatic N) is 1. The highest BCUT2D eigenvalue weighted by Gasteiger charge is 2.31. The van der Waals surface area contributed by atoms with E-state index in [9.17, 15) is 5.11 Å². The maximum atomic E-state index is 9.26. The van der Waals surface area contributed by atoms with Crippen LogP contribution in [-0.2, 0) is 6.42 Å². The molecule has 1 aromatic rings. The fourth-order valence-electron chi connectivity index (χ4n) is 2.92. The number of benzene rings is 1. The monoisotopic (exact) mass is 271 g/mol. The van der Waals surface area contributed by atoms with Crippen LogP contribution in [0.2, 0.25) is 0 Å². The first-order valence-corrected chi connectivity index (χ1v) is 7.45. The first-order chi connectivity index (χ1) is 9.42. The van der Waals surface area contributed by atoms with E-state index in [2.05, 4.69) is 27.7 Å². The minimum absolute atomic E-state index is 0.0170. The van der Waals surface area contributed by atoms with Gasteiger partial charge in [-0.2, -0.15) is 0 Å². The van der Waals surface area contributed by atoms with E-state index >= 15 is 0 Å². The number of rotatable bonds is 5. The van der Waals surface area contributed by atoms with Crippen molar-refractivity contribution in [1.29, 1.82) is 0 Å². The Balaban J connectivity index is 1.84. The van der Waals surface area contributed by atoms with Gasteiger partial charge in [-0.1, -0.05) is 18.6 Å². The molecule has 1 aromatic carbocycles. The SMILES string of the molecule is CC1=NC(C)(CCCCc2ccc(O)cc2)C(C)=C1C. The van der Waals surface area contributed by atoms with Crippen LogP contribution in [0.15, 0.2) is 40.4 Å². The Morgan fingerprint density at radius 2 is 1.70 bits per heavy atom. The molecule has 0 radical (unpaired) electrons. The van der Waals surface area contributed by atoms with Crippen LogP contribution >= 0.6 is 0 Å². The average molecular weight is 271 g/mol. The predicted molar refractivity (Wildman–Crippen MR) is 85.5 cm³/mol. The number of phenols is 1.